The van der Waals surface area contributed by atoms with E-state index in [1.54, 1.807) is 0 Å². The van der Waals surface area contributed by atoms with Gasteiger partial charge in [-0.1, -0.05) is 343 Å². The molecule has 0 saturated carbocycles. The number of aliphatic hydroxyl groups is 1. The molecule has 0 spiro atoms. The number of esters is 4. The fraction of sp³-hybridized carbons (Fsp3) is 0.947. The molecule has 0 bridgehead atoms. The second-order valence-corrected chi connectivity index (χ2v) is 30.4. The van der Waals surface area contributed by atoms with Crippen LogP contribution in [0.2, 0.25) is 0 Å². The molecule has 5 atom stereocenters. The highest BCUT2D eigenvalue weighted by atomic mass is 31.2. The van der Waals surface area contributed by atoms with Gasteiger partial charge in [-0.05, 0) is 31.6 Å². The van der Waals surface area contributed by atoms with Crippen LogP contribution in [-0.2, 0) is 65.4 Å². The fourth-order valence-electron chi connectivity index (χ4n) is 11.5. The summed E-state index contributed by atoms with van der Waals surface area (Å²) in [5.41, 5.74) is 0. The fourth-order valence-corrected chi connectivity index (χ4v) is 13.1. The van der Waals surface area contributed by atoms with Crippen molar-refractivity contribution in [3.63, 3.8) is 0 Å². The van der Waals surface area contributed by atoms with Crippen molar-refractivity contribution in [3.8, 4) is 0 Å². The van der Waals surface area contributed by atoms with Gasteiger partial charge in [0, 0.05) is 25.7 Å². The minimum Gasteiger partial charge on any atom is -0.462 e. The van der Waals surface area contributed by atoms with Gasteiger partial charge in [0.25, 0.3) is 0 Å². The normalized spacial score (nSPS) is 14.0. The molecule has 0 rings (SSSR count). The molecule has 3 N–H and O–H groups in total. The zero-order chi connectivity index (χ0) is 69.1. The van der Waals surface area contributed by atoms with Crippen LogP contribution < -0.4 is 0 Å². The summed E-state index contributed by atoms with van der Waals surface area (Å²) in [5, 5.41) is 10.6. The first-order valence-electron chi connectivity index (χ1n) is 39.1. The topological polar surface area (TPSA) is 237 Å². The first-order chi connectivity index (χ1) is 45.5. The number of hydrogen-bond donors (Lipinski definition) is 3. The first-order valence-corrected chi connectivity index (χ1v) is 42.1. The molecule has 0 amide bonds. The van der Waals surface area contributed by atoms with Gasteiger partial charge >= 0.3 is 39.5 Å². The van der Waals surface area contributed by atoms with Crippen LogP contribution in [0.5, 0.6) is 0 Å². The Labute approximate surface area is 575 Å². The van der Waals surface area contributed by atoms with Gasteiger partial charge in [0.15, 0.2) is 12.2 Å². The van der Waals surface area contributed by atoms with E-state index < -0.39 is 97.5 Å². The lowest BCUT2D eigenvalue weighted by atomic mass is 10.0. The highest BCUT2D eigenvalue weighted by Crippen LogP contribution is 2.45. The van der Waals surface area contributed by atoms with Crippen LogP contribution in [0.15, 0.2) is 0 Å². The van der Waals surface area contributed by atoms with Gasteiger partial charge in [0.2, 0.25) is 0 Å². The molecule has 558 valence electrons. The van der Waals surface area contributed by atoms with E-state index in [9.17, 15) is 43.2 Å². The van der Waals surface area contributed by atoms with Crippen molar-refractivity contribution in [2.75, 3.05) is 39.6 Å². The van der Waals surface area contributed by atoms with Crippen LogP contribution in [0.1, 0.15) is 394 Å². The third-order valence-electron chi connectivity index (χ3n) is 17.5. The van der Waals surface area contributed by atoms with Crippen molar-refractivity contribution in [2.45, 2.75) is 412 Å². The monoisotopic (exact) mass is 1380 g/mol. The zero-order valence-electron chi connectivity index (χ0n) is 61.1. The molecule has 0 aliphatic rings. The Bertz CT molecular complexity index is 1810. The predicted octanol–water partition coefficient (Wildman–Crippen LogP) is 22.1. The van der Waals surface area contributed by atoms with Crippen LogP contribution >= 0.6 is 15.6 Å². The van der Waals surface area contributed by atoms with Gasteiger partial charge in [-0.2, -0.15) is 0 Å². The molecular formula is C75H146O17P2. The number of unbranched alkanes of at least 4 members (excludes halogenated alkanes) is 47. The molecule has 0 saturated heterocycles. The van der Waals surface area contributed by atoms with E-state index in [4.69, 9.17) is 37.0 Å². The van der Waals surface area contributed by atoms with E-state index >= 15 is 0 Å². The van der Waals surface area contributed by atoms with Gasteiger partial charge in [-0.15, -0.1) is 0 Å². The molecule has 0 aromatic carbocycles. The second kappa shape index (κ2) is 68.2. The van der Waals surface area contributed by atoms with Gasteiger partial charge < -0.3 is 33.8 Å². The number of rotatable bonds is 75. The molecule has 0 heterocycles. The van der Waals surface area contributed by atoms with E-state index in [-0.39, 0.29) is 25.7 Å². The Kier molecular flexibility index (Phi) is 66.8. The molecule has 0 aromatic heterocycles. The highest BCUT2D eigenvalue weighted by molar-refractivity contribution is 7.47. The van der Waals surface area contributed by atoms with Crippen LogP contribution in [0.25, 0.3) is 0 Å². The van der Waals surface area contributed by atoms with Crippen LogP contribution in [0.4, 0.5) is 0 Å². The SMILES string of the molecule is CCCCCCCCCCCCCCCCCCCCCCCCC(=O)O[C@H](COC(=O)CCCCCCCCCCCCCC(C)C)COP(=O)(O)OC[C@@H](O)COP(=O)(O)OC[C@@H](COC(=O)CCCCCCC)OC(=O)CCCCCCCCCCCCCCC. The molecule has 17 nitrogen and oxygen atoms in total. The Balaban J connectivity index is 5.10. The summed E-state index contributed by atoms with van der Waals surface area (Å²) in [4.78, 5) is 72.4. The Morgan fingerprint density at radius 1 is 0.287 bits per heavy atom. The smallest absolute Gasteiger partial charge is 0.462 e. The highest BCUT2D eigenvalue weighted by Gasteiger charge is 2.30. The Morgan fingerprint density at radius 3 is 0.723 bits per heavy atom. The van der Waals surface area contributed by atoms with E-state index in [0.717, 1.165) is 102 Å². The van der Waals surface area contributed by atoms with Crippen molar-refractivity contribution >= 4 is 39.5 Å². The number of carbonyl (C=O) groups is 4. The summed E-state index contributed by atoms with van der Waals surface area (Å²) in [5.74, 6) is -1.36. The number of phosphoric acid groups is 2. The van der Waals surface area contributed by atoms with Crippen LogP contribution in [0.3, 0.4) is 0 Å². The molecule has 0 aliphatic carbocycles. The molecule has 94 heavy (non-hydrogen) atoms. The third-order valence-corrected chi connectivity index (χ3v) is 19.4. The summed E-state index contributed by atoms with van der Waals surface area (Å²) in [6.45, 7) is 7.20. The first kappa shape index (κ1) is 92.1. The largest absolute Gasteiger partial charge is 0.472 e. The summed E-state index contributed by atoms with van der Waals surface area (Å²) in [6.07, 6.45) is 57.4. The average Bonchev–Trinajstić information content (AvgIpc) is 2.03. The maximum Gasteiger partial charge on any atom is 0.472 e. The number of phosphoric ester groups is 2. The summed E-state index contributed by atoms with van der Waals surface area (Å²) in [7, 11) is -9.90. The molecule has 0 aromatic rings. The van der Waals surface area contributed by atoms with Crippen molar-refractivity contribution in [3.05, 3.63) is 0 Å². The lowest BCUT2D eigenvalue weighted by Crippen LogP contribution is -2.30. The average molecular weight is 1380 g/mol. The molecule has 2 unspecified atom stereocenters. The van der Waals surface area contributed by atoms with E-state index in [1.165, 1.54) is 212 Å². The molecule has 0 fully saturated rings. The summed E-state index contributed by atoms with van der Waals surface area (Å²) in [6, 6.07) is 0. The number of carbonyl (C=O) groups excluding carboxylic acids is 4. The van der Waals surface area contributed by atoms with Crippen molar-refractivity contribution in [1.82, 2.24) is 0 Å². The molecular weight excluding hydrogens is 1230 g/mol. The van der Waals surface area contributed by atoms with Crippen molar-refractivity contribution in [1.29, 1.82) is 0 Å². The maximum atomic E-state index is 13.1. The third kappa shape index (κ3) is 68.6. The van der Waals surface area contributed by atoms with Crippen LogP contribution in [-0.4, -0.2) is 96.7 Å². The maximum absolute atomic E-state index is 13.1. The quantitative estimate of drug-likeness (QED) is 0.0222. The van der Waals surface area contributed by atoms with Gasteiger partial charge in [0.1, 0.15) is 19.3 Å². The van der Waals surface area contributed by atoms with Crippen molar-refractivity contribution in [2.24, 2.45) is 5.92 Å². The Morgan fingerprint density at radius 2 is 0.489 bits per heavy atom. The summed E-state index contributed by atoms with van der Waals surface area (Å²) < 4.78 is 68.2. The molecule has 0 aliphatic heterocycles. The zero-order valence-corrected chi connectivity index (χ0v) is 62.9. The number of aliphatic hydroxyl groups excluding tert-OH is 1. The minimum atomic E-state index is -4.95. The van der Waals surface area contributed by atoms with Gasteiger partial charge in [-0.3, -0.25) is 37.3 Å². The number of hydrogen-bond acceptors (Lipinski definition) is 15. The standard InChI is InChI=1S/C75H146O17P2/c1-6-9-12-15-17-19-21-23-24-25-26-27-28-29-30-31-33-37-42-46-51-56-61-75(80)92-71(65-86-73(78)59-54-49-44-40-38-34-35-39-43-48-52-57-68(4)5)67-90-94(83,84)88-63-69(76)62-87-93(81,82)89-66-70(64-85-72(77)58-53-47-14-11-8-3)91-74(79)60-55-50-45-41-36-32-22-20-18-16-13-10-7-2/h68-71,76H,6-67H2,1-5H3,(H,81,82)(H,83,84)/t69-,70+,71+/m0/s1. The van der Waals surface area contributed by atoms with E-state index in [0.29, 0.717) is 25.7 Å². The minimum absolute atomic E-state index is 0.107. The van der Waals surface area contributed by atoms with Gasteiger partial charge in [0.05, 0.1) is 26.4 Å². The predicted molar refractivity (Wildman–Crippen MR) is 382 cm³/mol. The molecule has 19 heteroatoms. The van der Waals surface area contributed by atoms with Crippen molar-refractivity contribution < 1.29 is 80.2 Å². The Hall–Kier alpha value is -1.94. The summed E-state index contributed by atoms with van der Waals surface area (Å²) >= 11 is 0. The second-order valence-electron chi connectivity index (χ2n) is 27.5. The van der Waals surface area contributed by atoms with Gasteiger partial charge in [-0.25, -0.2) is 9.13 Å². The van der Waals surface area contributed by atoms with E-state index in [1.807, 2.05) is 0 Å². The molecule has 0 radical (unpaired) electrons. The lowest BCUT2D eigenvalue weighted by molar-refractivity contribution is -0.161. The lowest BCUT2D eigenvalue weighted by Gasteiger charge is -2.21. The number of ether oxygens (including phenoxy) is 4. The van der Waals surface area contributed by atoms with E-state index in [2.05, 4.69) is 34.6 Å². The van der Waals surface area contributed by atoms with Crippen LogP contribution in [0, 0.1) is 5.92 Å².